The number of alkyl halides is 3. The number of hydrogen-bond acceptors (Lipinski definition) is 6. The largest absolute Gasteiger partial charge is 0.433 e. The Morgan fingerprint density at radius 2 is 1.89 bits per heavy atom. The fourth-order valence-corrected chi connectivity index (χ4v) is 3.95. The van der Waals surface area contributed by atoms with Gasteiger partial charge >= 0.3 is 6.18 Å². The average molecular weight is 511 g/mol. The number of rotatable bonds is 7. The number of carbonyl (C=O) groups excluding carboxylic acids is 1. The minimum Gasteiger partial charge on any atom is -0.351 e. The maximum Gasteiger partial charge on any atom is 0.433 e. The zero-order valence-corrected chi connectivity index (χ0v) is 19.5. The molecular formula is C23H22F4N4O3S. The van der Waals surface area contributed by atoms with Crippen molar-refractivity contribution in [2.45, 2.75) is 30.9 Å². The van der Waals surface area contributed by atoms with E-state index in [1.807, 2.05) is 0 Å². The molecule has 35 heavy (non-hydrogen) atoms. The molecule has 2 atom stereocenters. The minimum absolute atomic E-state index is 0.0195. The molecule has 0 saturated heterocycles. The molecule has 3 aromatic rings. The maximum absolute atomic E-state index is 14.5. The highest BCUT2D eigenvalue weighted by Gasteiger charge is 2.33. The van der Waals surface area contributed by atoms with Gasteiger partial charge in [-0.05, 0) is 42.3 Å². The SMILES string of the molecule is CC(C(=O)NCc1ccc(C(F)(F)F)nc1-c1cccnc1)c1ccc(C(N)S(C)(=O)=O)c(F)c1. The predicted molar refractivity (Wildman–Crippen MR) is 121 cm³/mol. The summed E-state index contributed by atoms with van der Waals surface area (Å²) in [6, 6.07) is 8.79. The molecule has 0 saturated carbocycles. The summed E-state index contributed by atoms with van der Waals surface area (Å²) in [5, 5.41) is 1.08. The summed E-state index contributed by atoms with van der Waals surface area (Å²) in [6.07, 6.45) is -0.935. The van der Waals surface area contributed by atoms with Gasteiger partial charge in [0, 0.05) is 36.3 Å². The van der Waals surface area contributed by atoms with Gasteiger partial charge in [0.1, 0.15) is 16.9 Å². The van der Waals surface area contributed by atoms with E-state index in [1.165, 1.54) is 37.5 Å². The topological polar surface area (TPSA) is 115 Å². The smallest absolute Gasteiger partial charge is 0.351 e. The first-order valence-corrected chi connectivity index (χ1v) is 12.2. The second-order valence-corrected chi connectivity index (χ2v) is 10.1. The lowest BCUT2D eigenvalue weighted by atomic mass is 9.98. The van der Waals surface area contributed by atoms with Gasteiger partial charge in [-0.1, -0.05) is 18.2 Å². The van der Waals surface area contributed by atoms with Gasteiger partial charge in [0.2, 0.25) is 5.91 Å². The van der Waals surface area contributed by atoms with Gasteiger partial charge in [-0.3, -0.25) is 9.78 Å². The normalized spacial score (nSPS) is 13.8. The van der Waals surface area contributed by atoms with Gasteiger partial charge < -0.3 is 11.1 Å². The third kappa shape index (κ3) is 6.20. The molecule has 0 aliphatic carbocycles. The van der Waals surface area contributed by atoms with E-state index in [9.17, 15) is 30.8 Å². The molecule has 0 aliphatic rings. The van der Waals surface area contributed by atoms with Crippen LogP contribution in [-0.2, 0) is 27.4 Å². The van der Waals surface area contributed by atoms with Crippen LogP contribution in [0.25, 0.3) is 11.3 Å². The van der Waals surface area contributed by atoms with Crippen molar-refractivity contribution in [3.05, 3.63) is 83.1 Å². The average Bonchev–Trinajstić information content (AvgIpc) is 2.80. The highest BCUT2D eigenvalue weighted by atomic mass is 32.2. The fourth-order valence-electron chi connectivity index (χ4n) is 3.30. The summed E-state index contributed by atoms with van der Waals surface area (Å²) < 4.78 is 77.3. The number of hydrogen-bond donors (Lipinski definition) is 2. The van der Waals surface area contributed by atoms with E-state index >= 15 is 0 Å². The Labute approximate surface area is 199 Å². The van der Waals surface area contributed by atoms with Crippen molar-refractivity contribution >= 4 is 15.7 Å². The van der Waals surface area contributed by atoms with Crippen molar-refractivity contribution in [3.63, 3.8) is 0 Å². The Balaban J connectivity index is 1.81. The van der Waals surface area contributed by atoms with Gasteiger partial charge in [0.25, 0.3) is 0 Å². The number of pyridine rings is 2. The molecule has 0 radical (unpaired) electrons. The first kappa shape index (κ1) is 26.2. The second-order valence-electron chi connectivity index (χ2n) is 7.91. The van der Waals surface area contributed by atoms with Gasteiger partial charge in [0.05, 0.1) is 11.6 Å². The van der Waals surface area contributed by atoms with Gasteiger partial charge in [-0.15, -0.1) is 0 Å². The van der Waals surface area contributed by atoms with Crippen molar-refractivity contribution in [3.8, 4) is 11.3 Å². The number of benzene rings is 1. The van der Waals surface area contributed by atoms with Crippen LogP contribution < -0.4 is 11.1 Å². The van der Waals surface area contributed by atoms with Crippen molar-refractivity contribution in [2.24, 2.45) is 5.73 Å². The fraction of sp³-hybridized carbons (Fsp3) is 0.261. The zero-order valence-electron chi connectivity index (χ0n) is 18.7. The van der Waals surface area contributed by atoms with E-state index in [2.05, 4.69) is 15.3 Å². The van der Waals surface area contributed by atoms with Crippen molar-refractivity contribution in [1.82, 2.24) is 15.3 Å². The van der Waals surface area contributed by atoms with Crippen LogP contribution in [0.15, 0.2) is 54.9 Å². The molecule has 3 N–H and O–H groups in total. The van der Waals surface area contributed by atoms with E-state index in [0.29, 0.717) is 11.1 Å². The molecule has 0 fully saturated rings. The lowest BCUT2D eigenvalue weighted by Gasteiger charge is -2.17. The van der Waals surface area contributed by atoms with E-state index in [-0.39, 0.29) is 23.4 Å². The standard InChI is InChI=1S/C23H22F4N4O3S/c1-13(14-5-7-17(18(24)10-14)21(28)35(2,33)34)22(32)30-12-16-6-8-19(23(25,26)27)31-20(16)15-4-3-9-29-11-15/h3-11,13,21H,12,28H2,1-2H3,(H,30,32). The number of carbonyl (C=O) groups is 1. The Bertz CT molecular complexity index is 1330. The monoisotopic (exact) mass is 510 g/mol. The maximum atomic E-state index is 14.5. The van der Waals surface area contributed by atoms with E-state index in [0.717, 1.165) is 18.4 Å². The van der Waals surface area contributed by atoms with Crippen LogP contribution in [0.1, 0.15) is 40.6 Å². The van der Waals surface area contributed by atoms with Crippen molar-refractivity contribution in [2.75, 3.05) is 6.26 Å². The zero-order chi connectivity index (χ0) is 26.0. The van der Waals surface area contributed by atoms with Gasteiger partial charge in [-0.25, -0.2) is 17.8 Å². The number of nitrogens with two attached hydrogens (primary N) is 1. The van der Waals surface area contributed by atoms with Crippen LogP contribution in [-0.4, -0.2) is 30.5 Å². The van der Waals surface area contributed by atoms with E-state index in [4.69, 9.17) is 5.73 Å². The molecule has 2 heterocycles. The van der Waals surface area contributed by atoms with Crippen molar-refractivity contribution < 1.29 is 30.8 Å². The van der Waals surface area contributed by atoms with Crippen LogP contribution >= 0.6 is 0 Å². The number of sulfone groups is 1. The minimum atomic E-state index is -4.65. The number of aromatic nitrogens is 2. The first-order chi connectivity index (χ1) is 16.3. The van der Waals surface area contributed by atoms with Crippen LogP contribution in [0.3, 0.4) is 0 Å². The van der Waals surface area contributed by atoms with Crippen molar-refractivity contribution in [1.29, 1.82) is 0 Å². The van der Waals surface area contributed by atoms with Crippen LogP contribution in [0.4, 0.5) is 17.6 Å². The molecule has 2 aromatic heterocycles. The van der Waals surface area contributed by atoms with Gasteiger partial charge in [0.15, 0.2) is 9.84 Å². The molecule has 186 valence electrons. The third-order valence-corrected chi connectivity index (χ3v) is 6.52. The summed E-state index contributed by atoms with van der Waals surface area (Å²) in [6.45, 7) is 1.37. The summed E-state index contributed by atoms with van der Waals surface area (Å²) in [7, 11) is -3.73. The summed E-state index contributed by atoms with van der Waals surface area (Å²) in [5.41, 5.74) is 5.24. The Hall–Kier alpha value is -3.38. The second kappa shape index (κ2) is 10.1. The Morgan fingerprint density at radius 1 is 1.17 bits per heavy atom. The Morgan fingerprint density at radius 3 is 2.46 bits per heavy atom. The Kier molecular flexibility index (Phi) is 7.56. The van der Waals surface area contributed by atoms with Crippen LogP contribution in [0.5, 0.6) is 0 Å². The predicted octanol–water partition coefficient (Wildman–Crippen LogP) is 3.72. The number of halogens is 4. The third-order valence-electron chi connectivity index (χ3n) is 5.34. The number of amides is 1. The summed E-state index contributed by atoms with van der Waals surface area (Å²) in [4.78, 5) is 20.3. The molecule has 0 aliphatic heterocycles. The molecular weight excluding hydrogens is 488 g/mol. The molecule has 12 heteroatoms. The summed E-state index contributed by atoms with van der Waals surface area (Å²) >= 11 is 0. The van der Waals surface area contributed by atoms with Crippen LogP contribution in [0.2, 0.25) is 0 Å². The number of nitrogens with one attached hydrogen (secondary N) is 1. The van der Waals surface area contributed by atoms with Gasteiger partial charge in [-0.2, -0.15) is 13.2 Å². The van der Waals surface area contributed by atoms with E-state index in [1.54, 1.807) is 12.1 Å². The molecule has 1 amide bonds. The molecule has 0 bridgehead atoms. The van der Waals surface area contributed by atoms with E-state index < -0.39 is 44.7 Å². The van der Waals surface area contributed by atoms with Crippen LogP contribution in [0, 0.1) is 5.82 Å². The molecule has 7 nitrogen and oxygen atoms in total. The molecule has 2 unspecified atom stereocenters. The summed E-state index contributed by atoms with van der Waals surface area (Å²) in [5.74, 6) is -2.25. The molecule has 0 spiro atoms. The first-order valence-electron chi connectivity index (χ1n) is 10.3. The lowest BCUT2D eigenvalue weighted by molar-refractivity contribution is -0.141. The lowest BCUT2D eigenvalue weighted by Crippen LogP contribution is -2.28. The molecule has 1 aromatic carbocycles. The number of nitrogens with zero attached hydrogens (tertiary/aromatic N) is 2. The highest BCUT2D eigenvalue weighted by Crippen LogP contribution is 2.31. The molecule has 3 rings (SSSR count). The quantitative estimate of drug-likeness (QED) is 0.468. The highest BCUT2D eigenvalue weighted by molar-refractivity contribution is 7.90.